The van der Waals surface area contributed by atoms with Gasteiger partial charge in [-0.1, -0.05) is 6.07 Å². The van der Waals surface area contributed by atoms with Crippen LogP contribution in [0.3, 0.4) is 0 Å². The molecule has 0 saturated carbocycles. The van der Waals surface area contributed by atoms with Crippen LogP contribution in [0.25, 0.3) is 4.85 Å². The first kappa shape index (κ1) is 20.7. The summed E-state index contributed by atoms with van der Waals surface area (Å²) >= 11 is 0. The quantitative estimate of drug-likeness (QED) is 0.444. The lowest BCUT2D eigenvalue weighted by molar-refractivity contribution is -0.887. The van der Waals surface area contributed by atoms with Crippen LogP contribution in [0, 0.1) is 20.0 Å². The number of anilines is 1. The van der Waals surface area contributed by atoms with Crippen molar-refractivity contribution < 1.29 is 18.8 Å². The zero-order valence-corrected chi connectivity index (χ0v) is 15.7. The summed E-state index contributed by atoms with van der Waals surface area (Å²) in [6.45, 7) is 20.8. The average molecular weight is 345 g/mol. The molecular weight excluding hydrogens is 318 g/mol. The number of aryl methyl sites for hydroxylation is 1. The fourth-order valence-corrected chi connectivity index (χ4v) is 2.74. The van der Waals surface area contributed by atoms with Crippen molar-refractivity contribution >= 4 is 23.3 Å². The maximum absolute atomic E-state index is 12.6. The summed E-state index contributed by atoms with van der Waals surface area (Å²) in [4.78, 5) is 28.2. The second-order valence-electron chi connectivity index (χ2n) is 5.83. The van der Waals surface area contributed by atoms with Crippen LogP contribution in [-0.2, 0) is 9.53 Å². The SMILES string of the molecule is [C-]#[N+]c1cc(C)c(NC(=O)C[N+]([CH-]C)(CC)CC)c(C(=O)OCC)c1. The van der Waals surface area contributed by atoms with E-state index in [1.54, 1.807) is 19.9 Å². The zero-order chi connectivity index (χ0) is 19.0. The minimum Gasteiger partial charge on any atom is -0.462 e. The molecule has 6 nitrogen and oxygen atoms in total. The molecular formula is C19H27N3O3. The van der Waals surface area contributed by atoms with Gasteiger partial charge in [0.25, 0.3) is 5.91 Å². The molecule has 0 aliphatic heterocycles. The Morgan fingerprint density at radius 3 is 2.40 bits per heavy atom. The fourth-order valence-electron chi connectivity index (χ4n) is 2.74. The molecule has 0 fully saturated rings. The standard InChI is InChI=1S/C19H27N3O3/c1-7-22(8-2,9-3)13-17(23)21-18-14(5)11-15(20-6)12-16(18)19(24)25-10-4/h7,11-12H,8-10,13H2,1-5H3,(H,21,23). The third kappa shape index (κ3) is 5.04. The number of nitrogens with one attached hydrogen (secondary N) is 1. The lowest BCUT2D eigenvalue weighted by Gasteiger charge is -2.44. The minimum atomic E-state index is -0.541. The number of carbonyl (C=O) groups excluding carboxylic acids is 2. The maximum Gasteiger partial charge on any atom is 0.338 e. The number of rotatable bonds is 8. The molecule has 1 N–H and O–H groups in total. The number of hydrogen-bond donors (Lipinski definition) is 1. The van der Waals surface area contributed by atoms with Gasteiger partial charge in [0.2, 0.25) is 0 Å². The molecule has 25 heavy (non-hydrogen) atoms. The molecule has 0 unspecified atom stereocenters. The van der Waals surface area contributed by atoms with Crippen molar-refractivity contribution in [1.29, 1.82) is 0 Å². The second-order valence-corrected chi connectivity index (χ2v) is 5.83. The number of nitrogens with zero attached hydrogens (tertiary/aromatic N) is 2. The Hall–Kier alpha value is -2.39. The predicted molar refractivity (Wildman–Crippen MR) is 98.2 cm³/mol. The average Bonchev–Trinajstić information content (AvgIpc) is 2.61. The van der Waals surface area contributed by atoms with E-state index in [4.69, 9.17) is 11.3 Å². The molecule has 1 amide bonds. The van der Waals surface area contributed by atoms with Crippen molar-refractivity contribution in [3.63, 3.8) is 0 Å². The normalized spacial score (nSPS) is 10.9. The van der Waals surface area contributed by atoms with Crippen molar-refractivity contribution in [2.45, 2.75) is 34.6 Å². The Labute approximate surface area is 150 Å². The summed E-state index contributed by atoms with van der Waals surface area (Å²) in [7, 11) is 0. The van der Waals surface area contributed by atoms with Crippen molar-refractivity contribution in [3.8, 4) is 0 Å². The molecule has 0 saturated heterocycles. The van der Waals surface area contributed by atoms with Crippen molar-refractivity contribution in [2.24, 2.45) is 0 Å². The number of quaternary nitrogens is 1. The van der Waals surface area contributed by atoms with E-state index in [0.29, 0.717) is 21.4 Å². The van der Waals surface area contributed by atoms with E-state index in [1.165, 1.54) is 6.07 Å². The van der Waals surface area contributed by atoms with E-state index in [9.17, 15) is 9.59 Å². The van der Waals surface area contributed by atoms with E-state index >= 15 is 0 Å². The molecule has 0 spiro atoms. The van der Waals surface area contributed by atoms with E-state index in [1.807, 2.05) is 27.3 Å². The van der Waals surface area contributed by atoms with Gasteiger partial charge < -0.3 is 14.5 Å². The molecule has 0 aliphatic rings. The summed E-state index contributed by atoms with van der Waals surface area (Å²) in [5, 5.41) is 2.85. The Kier molecular flexibility index (Phi) is 7.59. The molecule has 6 heteroatoms. The van der Waals surface area contributed by atoms with Gasteiger partial charge in [0.1, 0.15) is 6.54 Å². The highest BCUT2D eigenvalue weighted by molar-refractivity contribution is 6.03. The van der Waals surface area contributed by atoms with Crippen LogP contribution >= 0.6 is 0 Å². The monoisotopic (exact) mass is 345 g/mol. The molecule has 136 valence electrons. The molecule has 0 aliphatic carbocycles. The van der Waals surface area contributed by atoms with Gasteiger partial charge in [-0.05, 0) is 39.3 Å². The first-order valence-electron chi connectivity index (χ1n) is 8.51. The van der Waals surface area contributed by atoms with Gasteiger partial charge in [-0.2, -0.15) is 0 Å². The highest BCUT2D eigenvalue weighted by atomic mass is 16.5. The van der Waals surface area contributed by atoms with Gasteiger partial charge in [-0.25, -0.2) is 9.64 Å². The van der Waals surface area contributed by atoms with Crippen LogP contribution in [-0.4, -0.2) is 42.6 Å². The van der Waals surface area contributed by atoms with E-state index in [2.05, 4.69) is 10.2 Å². The summed E-state index contributed by atoms with van der Waals surface area (Å²) in [5.74, 6) is -0.716. The molecule has 0 aromatic heterocycles. The summed E-state index contributed by atoms with van der Waals surface area (Å²) in [5.41, 5.74) is 1.63. The van der Waals surface area contributed by atoms with Gasteiger partial charge in [0.05, 0.1) is 37.5 Å². The van der Waals surface area contributed by atoms with Crippen molar-refractivity contribution in [3.05, 3.63) is 41.2 Å². The molecule has 0 bridgehead atoms. The van der Waals surface area contributed by atoms with Crippen LogP contribution < -0.4 is 5.32 Å². The first-order valence-corrected chi connectivity index (χ1v) is 8.51. The zero-order valence-electron chi connectivity index (χ0n) is 15.7. The topological polar surface area (TPSA) is 59.8 Å². The Bertz CT molecular complexity index is 665. The van der Waals surface area contributed by atoms with Crippen LogP contribution in [0.5, 0.6) is 0 Å². The summed E-state index contributed by atoms with van der Waals surface area (Å²) in [6.07, 6.45) is 0. The highest BCUT2D eigenvalue weighted by Crippen LogP contribution is 2.28. The van der Waals surface area contributed by atoms with Gasteiger partial charge in [-0.3, -0.25) is 4.79 Å². The van der Waals surface area contributed by atoms with Crippen molar-refractivity contribution in [2.75, 3.05) is 31.6 Å². The smallest absolute Gasteiger partial charge is 0.338 e. The summed E-state index contributed by atoms with van der Waals surface area (Å²) in [6, 6.07) is 3.11. The minimum absolute atomic E-state index is 0.175. The number of ether oxygens (including phenoxy) is 1. The molecule has 0 heterocycles. The number of hydrogen-bond acceptors (Lipinski definition) is 3. The highest BCUT2D eigenvalue weighted by Gasteiger charge is 2.22. The van der Waals surface area contributed by atoms with Crippen molar-refractivity contribution in [1.82, 2.24) is 0 Å². The van der Waals surface area contributed by atoms with Crippen LogP contribution in [0.2, 0.25) is 0 Å². The van der Waals surface area contributed by atoms with Gasteiger partial charge >= 0.3 is 5.97 Å². The molecule has 0 radical (unpaired) electrons. The Morgan fingerprint density at radius 1 is 1.28 bits per heavy atom. The van der Waals surface area contributed by atoms with E-state index in [0.717, 1.165) is 13.1 Å². The van der Waals surface area contributed by atoms with Gasteiger partial charge in [0.15, 0.2) is 5.69 Å². The van der Waals surface area contributed by atoms with Crippen LogP contribution in [0.15, 0.2) is 12.1 Å². The van der Waals surface area contributed by atoms with Gasteiger partial charge in [-0.15, -0.1) is 13.5 Å². The maximum atomic E-state index is 12.6. The molecule has 1 aromatic rings. The summed E-state index contributed by atoms with van der Waals surface area (Å²) < 4.78 is 5.62. The third-order valence-electron chi connectivity index (χ3n) is 4.47. The number of benzene rings is 1. The lowest BCUT2D eigenvalue weighted by Crippen LogP contribution is -2.49. The van der Waals surface area contributed by atoms with E-state index < -0.39 is 5.97 Å². The molecule has 1 aromatic carbocycles. The van der Waals surface area contributed by atoms with E-state index in [-0.39, 0.29) is 24.6 Å². The number of carbonyl (C=O) groups is 2. The largest absolute Gasteiger partial charge is 0.462 e. The number of likely N-dealkylation sites (N-methyl/N-ethyl adjacent to an activating group) is 1. The van der Waals surface area contributed by atoms with Gasteiger partial charge in [0, 0.05) is 0 Å². The second kappa shape index (κ2) is 9.19. The predicted octanol–water partition coefficient (Wildman–Crippen LogP) is 3.70. The van der Waals surface area contributed by atoms with Crippen LogP contribution in [0.4, 0.5) is 11.4 Å². The molecule has 0 atom stereocenters. The molecule has 1 rings (SSSR count). The number of esters is 1. The fraction of sp³-hybridized carbons (Fsp3) is 0.474. The lowest BCUT2D eigenvalue weighted by atomic mass is 10.1. The number of amides is 1. The first-order chi connectivity index (χ1) is 11.9. The third-order valence-corrected chi connectivity index (χ3v) is 4.47. The van der Waals surface area contributed by atoms with Crippen LogP contribution in [0.1, 0.15) is 43.6 Å². The Morgan fingerprint density at radius 2 is 1.92 bits per heavy atom. The Balaban J connectivity index is 3.18.